The molecule has 0 atom stereocenters. The molecular weight excluding hydrogens is 328 g/mol. The Hall–Kier alpha value is -2.55. The van der Waals surface area contributed by atoms with E-state index in [4.69, 9.17) is 5.73 Å². The van der Waals surface area contributed by atoms with E-state index in [2.05, 4.69) is 20.5 Å². The van der Waals surface area contributed by atoms with Crippen LogP contribution in [0.15, 0.2) is 29.4 Å². The lowest BCUT2D eigenvalue weighted by Crippen LogP contribution is -2.36. The first-order valence-corrected chi connectivity index (χ1v) is 8.40. The number of para-hydroxylation sites is 1. The van der Waals surface area contributed by atoms with Crippen LogP contribution in [0, 0.1) is 0 Å². The Bertz CT molecular complexity index is 717. The van der Waals surface area contributed by atoms with Gasteiger partial charge >= 0.3 is 0 Å². The van der Waals surface area contributed by atoms with Crippen LogP contribution in [0.5, 0.6) is 0 Å². The number of nitrogens with two attached hydrogens (primary N) is 1. The average molecular weight is 348 g/mol. The number of likely N-dealkylation sites (N-methyl/N-ethyl adjacent to an activating group) is 1. The fourth-order valence-corrected chi connectivity index (χ4v) is 2.75. The second-order valence-corrected chi connectivity index (χ2v) is 6.04. The molecule has 2 aromatic rings. The van der Waals surface area contributed by atoms with E-state index in [1.165, 1.54) is 4.90 Å². The van der Waals surface area contributed by atoms with Crippen molar-refractivity contribution in [1.82, 2.24) is 20.1 Å². The predicted octanol–water partition coefficient (Wildman–Crippen LogP) is 1.14. The molecule has 0 fully saturated rings. The zero-order valence-corrected chi connectivity index (χ0v) is 14.4. The van der Waals surface area contributed by atoms with Crippen molar-refractivity contribution in [2.75, 3.05) is 30.4 Å². The second-order valence-electron chi connectivity index (χ2n) is 5.10. The maximum absolute atomic E-state index is 12.1. The number of aromatic nitrogens is 3. The summed E-state index contributed by atoms with van der Waals surface area (Å²) in [6, 6.07) is 7.60. The Kier molecular flexibility index (Phi) is 6.19. The fourth-order valence-electron chi connectivity index (χ4n) is 2.00. The van der Waals surface area contributed by atoms with Crippen molar-refractivity contribution in [2.45, 2.75) is 18.5 Å². The van der Waals surface area contributed by atoms with Crippen molar-refractivity contribution in [2.24, 2.45) is 0 Å². The number of carbonyl (C=O) groups excluding carboxylic acids is 2. The van der Waals surface area contributed by atoms with Crippen molar-refractivity contribution < 1.29 is 9.59 Å². The van der Waals surface area contributed by atoms with Gasteiger partial charge in [0.25, 0.3) is 0 Å². The fraction of sp³-hybridized carbons (Fsp3) is 0.333. The van der Waals surface area contributed by atoms with Gasteiger partial charge in [-0.25, -0.2) is 5.10 Å². The minimum absolute atomic E-state index is 0.0203. The number of aromatic amines is 1. The Balaban J connectivity index is 1.83. The van der Waals surface area contributed by atoms with Crippen LogP contribution >= 0.6 is 11.8 Å². The molecule has 0 aliphatic heterocycles. The number of amides is 2. The topological polar surface area (TPSA) is 117 Å². The van der Waals surface area contributed by atoms with Gasteiger partial charge in [-0.2, -0.15) is 4.98 Å². The first-order valence-electron chi connectivity index (χ1n) is 7.42. The van der Waals surface area contributed by atoms with Gasteiger partial charge in [-0.3, -0.25) is 9.59 Å². The summed E-state index contributed by atoms with van der Waals surface area (Å²) in [6.07, 6.45) is 0.821. The van der Waals surface area contributed by atoms with Crippen LogP contribution in [0.2, 0.25) is 0 Å². The number of hydrogen-bond acceptors (Lipinski definition) is 6. The molecule has 0 spiro atoms. The Labute approximate surface area is 144 Å². The van der Waals surface area contributed by atoms with Gasteiger partial charge < -0.3 is 16.0 Å². The molecule has 2 amide bonds. The Morgan fingerprint density at radius 2 is 2.12 bits per heavy atom. The Morgan fingerprint density at radius 1 is 1.38 bits per heavy atom. The maximum atomic E-state index is 12.1. The summed E-state index contributed by atoms with van der Waals surface area (Å²) in [5.74, 6) is -0.0967. The standard InChI is InChI=1S/C15H20N6O2S/c1-3-10-6-4-5-7-11(10)17-12(22)8-21(2)13(23)9-24-15-18-14(16)19-20-15/h4-7H,3,8-9H2,1-2H3,(H,17,22)(H3,16,18,19,20). The number of nitrogen functional groups attached to an aromatic ring is 1. The van der Waals surface area contributed by atoms with Crippen molar-refractivity contribution in [1.29, 1.82) is 0 Å². The summed E-state index contributed by atoms with van der Waals surface area (Å²) in [5, 5.41) is 9.57. The van der Waals surface area contributed by atoms with Crippen LogP contribution in [0.4, 0.5) is 11.6 Å². The van der Waals surface area contributed by atoms with Gasteiger partial charge in [0.05, 0.1) is 12.3 Å². The molecule has 0 bridgehead atoms. The zero-order chi connectivity index (χ0) is 17.5. The highest BCUT2D eigenvalue weighted by Gasteiger charge is 2.15. The first-order chi connectivity index (χ1) is 11.5. The van der Waals surface area contributed by atoms with E-state index >= 15 is 0 Å². The van der Waals surface area contributed by atoms with Gasteiger partial charge in [0, 0.05) is 12.7 Å². The monoisotopic (exact) mass is 348 g/mol. The average Bonchev–Trinajstić information content (AvgIpc) is 2.98. The number of anilines is 2. The summed E-state index contributed by atoms with van der Waals surface area (Å²) < 4.78 is 0. The molecule has 9 heteroatoms. The Morgan fingerprint density at radius 3 is 2.79 bits per heavy atom. The van der Waals surface area contributed by atoms with E-state index < -0.39 is 0 Å². The number of nitrogens with one attached hydrogen (secondary N) is 2. The summed E-state index contributed by atoms with van der Waals surface area (Å²) >= 11 is 1.16. The highest BCUT2D eigenvalue weighted by atomic mass is 32.2. The number of rotatable bonds is 7. The second kappa shape index (κ2) is 8.34. The van der Waals surface area contributed by atoms with E-state index in [1.54, 1.807) is 7.05 Å². The summed E-state index contributed by atoms with van der Waals surface area (Å²) in [7, 11) is 1.58. The van der Waals surface area contributed by atoms with Crippen molar-refractivity contribution in [3.8, 4) is 0 Å². The summed E-state index contributed by atoms with van der Waals surface area (Å²) in [5.41, 5.74) is 7.24. The van der Waals surface area contributed by atoms with Crippen LogP contribution in [-0.2, 0) is 16.0 Å². The van der Waals surface area contributed by atoms with Crippen LogP contribution in [0.3, 0.4) is 0 Å². The van der Waals surface area contributed by atoms with Gasteiger partial charge in [0.1, 0.15) is 0 Å². The van der Waals surface area contributed by atoms with Crippen molar-refractivity contribution >= 4 is 35.2 Å². The lowest BCUT2D eigenvalue weighted by Gasteiger charge is -2.17. The van der Waals surface area contributed by atoms with Crippen LogP contribution in [0.1, 0.15) is 12.5 Å². The molecule has 8 nitrogen and oxygen atoms in total. The van der Waals surface area contributed by atoms with Crippen LogP contribution in [-0.4, -0.2) is 51.2 Å². The zero-order valence-electron chi connectivity index (χ0n) is 13.6. The lowest BCUT2D eigenvalue weighted by atomic mass is 10.1. The lowest BCUT2D eigenvalue weighted by molar-refractivity contribution is -0.131. The van der Waals surface area contributed by atoms with E-state index in [1.807, 2.05) is 31.2 Å². The molecule has 0 aliphatic rings. The molecule has 1 aromatic carbocycles. The van der Waals surface area contributed by atoms with E-state index in [-0.39, 0.29) is 30.1 Å². The van der Waals surface area contributed by atoms with Crippen molar-refractivity contribution in [3.05, 3.63) is 29.8 Å². The number of nitrogens with zero attached hydrogens (tertiary/aromatic N) is 3. The van der Waals surface area contributed by atoms with Gasteiger partial charge in [-0.1, -0.05) is 36.9 Å². The predicted molar refractivity (Wildman–Crippen MR) is 93.6 cm³/mol. The van der Waals surface area contributed by atoms with Crippen LogP contribution < -0.4 is 11.1 Å². The molecule has 0 unspecified atom stereocenters. The van der Waals surface area contributed by atoms with Crippen LogP contribution in [0.25, 0.3) is 0 Å². The molecular formula is C15H20N6O2S. The van der Waals surface area contributed by atoms with Crippen molar-refractivity contribution in [3.63, 3.8) is 0 Å². The quantitative estimate of drug-likeness (QED) is 0.646. The third-order valence-corrected chi connectivity index (χ3v) is 4.12. The third-order valence-electron chi connectivity index (χ3n) is 3.29. The minimum atomic E-state index is -0.237. The molecule has 0 aliphatic carbocycles. The summed E-state index contributed by atoms with van der Waals surface area (Å²) in [4.78, 5) is 29.4. The summed E-state index contributed by atoms with van der Waals surface area (Å²) in [6.45, 7) is 2.00. The van der Waals surface area contributed by atoms with Gasteiger partial charge in [0.2, 0.25) is 22.9 Å². The number of aryl methyl sites for hydroxylation is 1. The number of hydrogen-bond donors (Lipinski definition) is 3. The number of benzene rings is 1. The normalized spacial score (nSPS) is 10.4. The molecule has 4 N–H and O–H groups in total. The molecule has 1 aromatic heterocycles. The molecule has 1 heterocycles. The number of carbonyl (C=O) groups is 2. The SMILES string of the molecule is CCc1ccccc1NC(=O)CN(C)C(=O)CSc1n[nH]c(N)n1. The van der Waals surface area contributed by atoms with Gasteiger partial charge in [-0.05, 0) is 18.1 Å². The molecule has 0 saturated carbocycles. The highest BCUT2D eigenvalue weighted by Crippen LogP contribution is 2.16. The molecule has 128 valence electrons. The number of H-pyrrole nitrogens is 1. The largest absolute Gasteiger partial charge is 0.368 e. The van der Waals surface area contributed by atoms with Gasteiger partial charge in [0.15, 0.2) is 0 Å². The smallest absolute Gasteiger partial charge is 0.243 e. The molecule has 2 rings (SSSR count). The minimum Gasteiger partial charge on any atom is -0.368 e. The highest BCUT2D eigenvalue weighted by molar-refractivity contribution is 7.99. The molecule has 0 saturated heterocycles. The molecule has 0 radical (unpaired) electrons. The first kappa shape index (κ1) is 17.8. The van der Waals surface area contributed by atoms with E-state index in [0.717, 1.165) is 29.4 Å². The van der Waals surface area contributed by atoms with E-state index in [0.29, 0.717) is 5.16 Å². The van der Waals surface area contributed by atoms with E-state index in [9.17, 15) is 9.59 Å². The third kappa shape index (κ3) is 4.98. The maximum Gasteiger partial charge on any atom is 0.243 e. The van der Waals surface area contributed by atoms with Gasteiger partial charge in [-0.15, -0.1) is 5.10 Å². The molecule has 24 heavy (non-hydrogen) atoms. The number of thioether (sulfide) groups is 1.